The molecule has 3 aromatic rings. The fraction of sp³-hybridized carbons (Fsp3) is 0.536. The number of amides is 3. The lowest BCUT2D eigenvalue weighted by Crippen LogP contribution is -2.50. The number of esters is 1. The number of hydrogen-bond acceptors (Lipinski definition) is 13. The highest BCUT2D eigenvalue weighted by Gasteiger charge is 2.38. The molecule has 6 rings (SSSR count). The number of methoxy groups -OCH3 is 2. The van der Waals surface area contributed by atoms with Crippen LogP contribution in [-0.2, 0) is 54.2 Å². The minimum absolute atomic E-state index is 0.00372. The van der Waals surface area contributed by atoms with Crippen LogP contribution in [0.3, 0.4) is 0 Å². The van der Waals surface area contributed by atoms with E-state index < -0.39 is 48.1 Å². The number of hydrogen-bond donors (Lipinski definition) is 0. The van der Waals surface area contributed by atoms with Crippen LogP contribution in [0.1, 0.15) is 149 Å². The molecule has 3 aliphatic rings. The molecule has 1 aliphatic carbocycles. The molecule has 0 spiro atoms. The van der Waals surface area contributed by atoms with Crippen LogP contribution in [0, 0.1) is 20.8 Å². The molecule has 0 bridgehead atoms. The molecule has 3 aromatic carbocycles. The number of imide groups is 1. The Bertz CT molecular complexity index is 2350. The second kappa shape index (κ2) is 27.0. The maximum atomic E-state index is 14.5. The van der Waals surface area contributed by atoms with Gasteiger partial charge in [-0.15, -0.1) is 5.06 Å². The number of allylic oxidation sites excluding steroid dienone is 2. The van der Waals surface area contributed by atoms with Gasteiger partial charge in [-0.05, 0) is 143 Å². The molecule has 15 nitrogen and oxygen atoms in total. The Morgan fingerprint density at radius 3 is 2.31 bits per heavy atom. The van der Waals surface area contributed by atoms with Gasteiger partial charge in [-0.25, -0.2) is 9.59 Å². The molecule has 2 unspecified atom stereocenters. The van der Waals surface area contributed by atoms with Crippen molar-refractivity contribution in [1.29, 1.82) is 0 Å². The van der Waals surface area contributed by atoms with Crippen LogP contribution < -0.4 is 14.2 Å². The van der Waals surface area contributed by atoms with E-state index in [0.717, 1.165) is 61.6 Å². The van der Waals surface area contributed by atoms with Gasteiger partial charge in [-0.2, -0.15) is 0 Å². The number of ether oxygens (including phenoxy) is 6. The number of ketones is 1. The maximum Gasteiger partial charge on any atom is 0.335 e. The molecule has 0 aromatic heterocycles. The number of aryl methyl sites for hydroxylation is 4. The monoisotopic (exact) mass is 981 g/mol. The zero-order chi connectivity index (χ0) is 50.9. The highest BCUT2D eigenvalue weighted by molar-refractivity contribution is 6.01. The van der Waals surface area contributed by atoms with Gasteiger partial charge >= 0.3 is 11.9 Å². The molecule has 5 atom stereocenters. The number of benzene rings is 3. The zero-order valence-electron chi connectivity index (χ0n) is 42.4. The normalized spacial score (nSPS) is 19.0. The second-order valence-electron chi connectivity index (χ2n) is 18.7. The Kier molecular flexibility index (Phi) is 20.6. The van der Waals surface area contributed by atoms with E-state index in [9.17, 15) is 28.8 Å². The largest absolute Gasteiger partial charge is 0.493 e. The highest BCUT2D eigenvalue weighted by Crippen LogP contribution is 2.37. The van der Waals surface area contributed by atoms with Crippen molar-refractivity contribution in [2.75, 3.05) is 34.0 Å². The Morgan fingerprint density at radius 1 is 0.775 bits per heavy atom. The molecule has 15 heteroatoms. The van der Waals surface area contributed by atoms with E-state index in [1.807, 2.05) is 38.1 Å². The van der Waals surface area contributed by atoms with Crippen molar-refractivity contribution in [1.82, 2.24) is 9.96 Å². The average molecular weight is 981 g/mol. The standard InChI is InChI=1S/C56H72N2O13/c1-7-46(42-33-39(4)54(66-6)49(35-42)65-5)55(63)57-30-14-13-20-47(57)56(64)70-48(25-23-40-22-21-37(2)38(3)32-40)41-16-15-19-45(34-41)68-36-43(59)24-28-53(69-44-17-11-9-8-10-12-18-44)67-31-29-52(62)71-58-50(60)26-27-51(58)61/h8-9,15-16,19,21-22,32-35,44,46-48,53H,7,10-14,17-18,20,23-31,36H2,1-6H3/b9-8+/t44?,46-,47-,48+,53?/m0/s1. The van der Waals surface area contributed by atoms with Crippen molar-refractivity contribution < 1.29 is 62.0 Å². The van der Waals surface area contributed by atoms with Gasteiger partial charge in [-0.1, -0.05) is 55.5 Å². The molecule has 2 aliphatic heterocycles. The Morgan fingerprint density at radius 2 is 1.56 bits per heavy atom. The number of Topliss-reactive ketones (excluding diaryl/α,β-unsaturated/α-hetero) is 1. The molecule has 0 N–H and O–H groups in total. The van der Waals surface area contributed by atoms with Crippen LogP contribution >= 0.6 is 0 Å². The van der Waals surface area contributed by atoms with Crippen LogP contribution in [0.5, 0.6) is 17.2 Å². The molecule has 2 fully saturated rings. The Hall–Kier alpha value is -6.06. The molecular weight excluding hydrogens is 909 g/mol. The summed E-state index contributed by atoms with van der Waals surface area (Å²) in [5, 5.41) is 0.506. The number of hydroxylamine groups is 2. The van der Waals surface area contributed by atoms with Crippen molar-refractivity contribution in [2.24, 2.45) is 0 Å². The summed E-state index contributed by atoms with van der Waals surface area (Å²) in [6.07, 6.45) is 10.7. The summed E-state index contributed by atoms with van der Waals surface area (Å²) in [5.41, 5.74) is 5.79. The van der Waals surface area contributed by atoms with E-state index in [4.69, 9.17) is 33.3 Å². The van der Waals surface area contributed by atoms with Crippen LogP contribution in [-0.4, -0.2) is 97.8 Å². The lowest BCUT2D eigenvalue weighted by molar-refractivity contribution is -0.202. The molecule has 2 heterocycles. The lowest BCUT2D eigenvalue weighted by Gasteiger charge is -2.37. The minimum atomic E-state index is -0.801. The van der Waals surface area contributed by atoms with Crippen LogP contribution in [0.15, 0.2) is 66.7 Å². The molecule has 2 saturated heterocycles. The number of piperidine rings is 1. The highest BCUT2D eigenvalue weighted by atomic mass is 16.7. The maximum absolute atomic E-state index is 14.5. The molecule has 71 heavy (non-hydrogen) atoms. The zero-order valence-corrected chi connectivity index (χ0v) is 42.4. The van der Waals surface area contributed by atoms with Gasteiger partial charge < -0.3 is 38.2 Å². The minimum Gasteiger partial charge on any atom is -0.493 e. The fourth-order valence-corrected chi connectivity index (χ4v) is 9.41. The van der Waals surface area contributed by atoms with Crippen LogP contribution in [0.2, 0.25) is 0 Å². The van der Waals surface area contributed by atoms with Crippen molar-refractivity contribution in [2.45, 2.75) is 161 Å². The van der Waals surface area contributed by atoms with E-state index in [1.165, 1.54) is 11.1 Å². The second-order valence-corrected chi connectivity index (χ2v) is 18.7. The summed E-state index contributed by atoms with van der Waals surface area (Å²) in [6.45, 7) is 8.11. The third-order valence-corrected chi connectivity index (χ3v) is 13.5. The number of carbonyl (C=O) groups excluding carboxylic acids is 6. The first kappa shape index (κ1) is 54.3. The van der Waals surface area contributed by atoms with Crippen molar-refractivity contribution >= 4 is 35.4 Å². The summed E-state index contributed by atoms with van der Waals surface area (Å²) in [7, 11) is 3.16. The third-order valence-electron chi connectivity index (χ3n) is 13.5. The average Bonchev–Trinajstić information content (AvgIpc) is 3.67. The first-order valence-corrected chi connectivity index (χ1v) is 25.3. The summed E-state index contributed by atoms with van der Waals surface area (Å²) in [5.74, 6) is -1.64. The van der Waals surface area contributed by atoms with Gasteiger partial charge in [0.25, 0.3) is 11.8 Å². The van der Waals surface area contributed by atoms with Gasteiger partial charge in [0.2, 0.25) is 5.91 Å². The summed E-state index contributed by atoms with van der Waals surface area (Å²) in [4.78, 5) is 85.4. The van der Waals surface area contributed by atoms with Crippen LogP contribution in [0.25, 0.3) is 0 Å². The van der Waals surface area contributed by atoms with Crippen LogP contribution in [0.4, 0.5) is 0 Å². The first-order valence-electron chi connectivity index (χ1n) is 25.3. The quantitative estimate of drug-likeness (QED) is 0.0360. The molecule has 384 valence electrons. The number of carbonyl (C=O) groups is 6. The summed E-state index contributed by atoms with van der Waals surface area (Å²) in [6, 6.07) is 16.6. The van der Waals surface area contributed by atoms with E-state index in [1.54, 1.807) is 31.3 Å². The Labute approximate surface area is 418 Å². The Balaban J connectivity index is 1.12. The molecule has 0 radical (unpaired) electrons. The van der Waals surface area contributed by atoms with Gasteiger partial charge in [0.05, 0.1) is 39.3 Å². The first-order chi connectivity index (χ1) is 34.3. The molecule has 3 amide bonds. The van der Waals surface area contributed by atoms with E-state index in [-0.39, 0.29) is 63.1 Å². The van der Waals surface area contributed by atoms with E-state index >= 15 is 0 Å². The number of rotatable bonds is 24. The SMILES string of the molecule is CC[C@H](C(=O)N1CCCC[C@H]1C(=O)O[C@H](CCc1ccc(C)c(C)c1)c1cccc(OCC(=O)CCC(OCCC(=O)ON2C(=O)CCC2=O)OC2CC/C=C/CCC2)c1)c1cc(C)c(OC)c(OC)c1. The molecule has 0 saturated carbocycles. The van der Waals surface area contributed by atoms with Crippen molar-refractivity contribution in [3.05, 3.63) is 100 Å². The third kappa shape index (κ3) is 15.5. The molecular formula is C56H72N2O13. The van der Waals surface area contributed by atoms with Gasteiger partial charge in [0.1, 0.15) is 24.5 Å². The predicted octanol–water partition coefficient (Wildman–Crippen LogP) is 9.39. The summed E-state index contributed by atoms with van der Waals surface area (Å²) < 4.78 is 36.1. The van der Waals surface area contributed by atoms with Crippen molar-refractivity contribution in [3.63, 3.8) is 0 Å². The topological polar surface area (TPSA) is 174 Å². The van der Waals surface area contributed by atoms with Gasteiger partial charge in [-0.3, -0.25) is 19.2 Å². The number of likely N-dealkylation sites (tertiary alicyclic amines) is 1. The fourth-order valence-electron chi connectivity index (χ4n) is 9.41. The van der Waals surface area contributed by atoms with Gasteiger partial charge in [0.15, 0.2) is 23.6 Å². The van der Waals surface area contributed by atoms with Gasteiger partial charge in [0, 0.05) is 32.2 Å². The van der Waals surface area contributed by atoms with Crippen molar-refractivity contribution in [3.8, 4) is 17.2 Å². The van der Waals surface area contributed by atoms with E-state index in [0.29, 0.717) is 60.1 Å². The smallest absolute Gasteiger partial charge is 0.335 e. The lowest BCUT2D eigenvalue weighted by atomic mass is 9.91. The predicted molar refractivity (Wildman–Crippen MR) is 265 cm³/mol. The summed E-state index contributed by atoms with van der Waals surface area (Å²) >= 11 is 0. The van der Waals surface area contributed by atoms with E-state index in [2.05, 4.69) is 44.2 Å². The number of nitrogens with zero attached hydrogens (tertiary/aromatic N) is 2.